The third-order valence-corrected chi connectivity index (χ3v) is 6.59. The Morgan fingerprint density at radius 3 is 2.54 bits per heavy atom. The minimum absolute atomic E-state index is 0.0280. The smallest absolute Gasteiger partial charge is 0.411 e. The van der Waals surface area contributed by atoms with Crippen molar-refractivity contribution in [3.05, 3.63) is 66.2 Å². The number of anilines is 2. The minimum Gasteiger partial charge on any atom is -0.411 e. The summed E-state index contributed by atoms with van der Waals surface area (Å²) in [5.41, 5.74) is 0.770. The zero-order valence-electron chi connectivity index (χ0n) is 18.5. The van der Waals surface area contributed by atoms with Crippen LogP contribution in [0.4, 0.5) is 24.5 Å². The van der Waals surface area contributed by atoms with Gasteiger partial charge in [-0.3, -0.25) is 4.79 Å². The van der Waals surface area contributed by atoms with Crippen molar-refractivity contribution >= 4 is 39.8 Å². The molecule has 1 aliphatic rings. The molecule has 1 amide bonds. The van der Waals surface area contributed by atoms with E-state index in [1.807, 2.05) is 47.4 Å². The van der Waals surface area contributed by atoms with E-state index in [9.17, 15) is 18.0 Å². The van der Waals surface area contributed by atoms with Gasteiger partial charge in [-0.05, 0) is 53.9 Å². The number of thioether (sulfide) groups is 1. The molecule has 1 saturated heterocycles. The largest absolute Gasteiger partial charge is 0.416 e. The number of nitrogens with zero attached hydrogens (tertiary/aromatic N) is 3. The van der Waals surface area contributed by atoms with Crippen molar-refractivity contribution in [3.8, 4) is 11.5 Å². The molecule has 180 valence electrons. The highest BCUT2D eigenvalue weighted by molar-refractivity contribution is 7.99. The van der Waals surface area contributed by atoms with Gasteiger partial charge in [0.25, 0.3) is 5.22 Å². The number of hydrogen-bond donors (Lipinski definition) is 1. The van der Waals surface area contributed by atoms with E-state index in [0.29, 0.717) is 30.4 Å². The van der Waals surface area contributed by atoms with Crippen LogP contribution in [0.2, 0.25) is 0 Å². The molecule has 1 N–H and O–H groups in total. The van der Waals surface area contributed by atoms with Crippen LogP contribution in [0.15, 0.2) is 70.3 Å². The van der Waals surface area contributed by atoms with Crippen LogP contribution in [0, 0.1) is 0 Å². The van der Waals surface area contributed by atoms with Gasteiger partial charge >= 0.3 is 6.18 Å². The number of carbonyl (C=O) groups is 1. The monoisotopic (exact) mass is 498 g/mol. The average Bonchev–Trinajstić information content (AvgIpc) is 3.55. The first-order valence-electron chi connectivity index (χ1n) is 11.1. The molecular weight excluding hydrogens is 477 g/mol. The second kappa shape index (κ2) is 9.61. The molecule has 4 aromatic rings. The number of benzene rings is 3. The van der Waals surface area contributed by atoms with E-state index in [2.05, 4.69) is 15.5 Å². The summed E-state index contributed by atoms with van der Waals surface area (Å²) in [5.74, 6) is -0.0572. The average molecular weight is 499 g/mol. The van der Waals surface area contributed by atoms with Gasteiger partial charge < -0.3 is 14.6 Å². The predicted molar refractivity (Wildman–Crippen MR) is 129 cm³/mol. The van der Waals surface area contributed by atoms with Crippen molar-refractivity contribution in [2.75, 3.05) is 29.1 Å². The van der Waals surface area contributed by atoms with Gasteiger partial charge in [0.1, 0.15) is 0 Å². The van der Waals surface area contributed by atoms with Gasteiger partial charge in [-0.2, -0.15) is 13.2 Å². The molecule has 1 fully saturated rings. The lowest BCUT2D eigenvalue weighted by Gasteiger charge is -2.23. The van der Waals surface area contributed by atoms with Gasteiger partial charge in [0, 0.05) is 18.7 Å². The Morgan fingerprint density at radius 1 is 1.00 bits per heavy atom. The summed E-state index contributed by atoms with van der Waals surface area (Å²) in [6, 6.07) is 17.1. The Bertz CT molecular complexity index is 1370. The Balaban J connectivity index is 1.26. The van der Waals surface area contributed by atoms with Crippen LogP contribution in [-0.2, 0) is 11.0 Å². The molecule has 6 nitrogen and oxygen atoms in total. The summed E-state index contributed by atoms with van der Waals surface area (Å²) in [6.07, 6.45) is -2.65. The molecular formula is C25H21F3N4O2S. The molecule has 0 bridgehead atoms. The van der Waals surface area contributed by atoms with Gasteiger partial charge in [0.15, 0.2) is 0 Å². The number of hydrogen-bond acceptors (Lipinski definition) is 6. The van der Waals surface area contributed by atoms with Crippen LogP contribution in [0.3, 0.4) is 0 Å². The maximum Gasteiger partial charge on any atom is 0.416 e. The van der Waals surface area contributed by atoms with E-state index in [1.165, 1.54) is 6.07 Å². The Kier molecular flexibility index (Phi) is 6.38. The quantitative estimate of drug-likeness (QED) is 0.317. The molecule has 3 aromatic carbocycles. The summed E-state index contributed by atoms with van der Waals surface area (Å²) in [4.78, 5) is 14.5. The number of fused-ring (bicyclic) bond motifs is 1. The van der Waals surface area contributed by atoms with Crippen LogP contribution in [0.1, 0.15) is 18.4 Å². The van der Waals surface area contributed by atoms with Crippen molar-refractivity contribution in [2.24, 2.45) is 0 Å². The predicted octanol–water partition coefficient (Wildman–Crippen LogP) is 6.24. The molecule has 2 heterocycles. The zero-order chi connectivity index (χ0) is 24.4. The summed E-state index contributed by atoms with van der Waals surface area (Å²) in [6.45, 7) is 1.30. The first-order chi connectivity index (χ1) is 16.9. The molecule has 1 aromatic heterocycles. The first kappa shape index (κ1) is 23.2. The highest BCUT2D eigenvalue weighted by Crippen LogP contribution is 2.37. The summed E-state index contributed by atoms with van der Waals surface area (Å²) >= 11 is 1.07. The minimum atomic E-state index is -4.45. The fraction of sp³-hybridized carbons (Fsp3) is 0.240. The number of alkyl halides is 3. The highest BCUT2D eigenvalue weighted by Gasteiger charge is 2.32. The van der Waals surface area contributed by atoms with Crippen LogP contribution in [0.5, 0.6) is 0 Å². The highest BCUT2D eigenvalue weighted by atomic mass is 32.2. The zero-order valence-corrected chi connectivity index (χ0v) is 19.3. The topological polar surface area (TPSA) is 71.3 Å². The molecule has 0 radical (unpaired) electrons. The van der Waals surface area contributed by atoms with E-state index in [1.54, 1.807) is 0 Å². The number of aromatic nitrogens is 2. The third-order valence-electron chi connectivity index (χ3n) is 5.78. The summed E-state index contributed by atoms with van der Waals surface area (Å²) in [5, 5.41) is 13.2. The van der Waals surface area contributed by atoms with Crippen molar-refractivity contribution in [1.29, 1.82) is 0 Å². The van der Waals surface area contributed by atoms with Gasteiger partial charge in [-0.1, -0.05) is 42.1 Å². The normalized spacial score (nSPS) is 14.0. The van der Waals surface area contributed by atoms with Crippen molar-refractivity contribution in [3.63, 3.8) is 0 Å². The second-order valence-electron chi connectivity index (χ2n) is 8.20. The number of carbonyl (C=O) groups excluding carboxylic acids is 1. The van der Waals surface area contributed by atoms with E-state index in [4.69, 9.17) is 4.42 Å². The van der Waals surface area contributed by atoms with Gasteiger partial charge in [-0.15, -0.1) is 10.2 Å². The van der Waals surface area contributed by atoms with Crippen LogP contribution < -0.4 is 10.2 Å². The fourth-order valence-electron chi connectivity index (χ4n) is 4.05. The molecule has 0 saturated carbocycles. The Morgan fingerprint density at radius 2 is 1.77 bits per heavy atom. The summed E-state index contributed by atoms with van der Waals surface area (Å²) in [7, 11) is 0. The number of amides is 1. The molecule has 35 heavy (non-hydrogen) atoms. The molecule has 0 unspecified atom stereocenters. The molecule has 0 spiro atoms. The number of halogens is 3. The molecule has 1 aliphatic heterocycles. The van der Waals surface area contributed by atoms with E-state index in [0.717, 1.165) is 53.1 Å². The van der Waals surface area contributed by atoms with Gasteiger partial charge in [0.2, 0.25) is 11.8 Å². The van der Waals surface area contributed by atoms with E-state index >= 15 is 0 Å². The van der Waals surface area contributed by atoms with Gasteiger partial charge in [0.05, 0.1) is 22.7 Å². The van der Waals surface area contributed by atoms with E-state index in [-0.39, 0.29) is 16.9 Å². The molecule has 5 rings (SSSR count). The van der Waals surface area contributed by atoms with Gasteiger partial charge in [-0.25, -0.2) is 0 Å². The third kappa shape index (κ3) is 5.27. The van der Waals surface area contributed by atoms with Crippen molar-refractivity contribution in [2.45, 2.75) is 24.2 Å². The lowest BCUT2D eigenvalue weighted by atomic mass is 10.1. The maximum absolute atomic E-state index is 13.2. The molecule has 10 heteroatoms. The molecule has 0 aliphatic carbocycles. The Hall–Kier alpha value is -3.53. The van der Waals surface area contributed by atoms with Crippen molar-refractivity contribution in [1.82, 2.24) is 10.2 Å². The lowest BCUT2D eigenvalue weighted by molar-refractivity contribution is -0.137. The van der Waals surface area contributed by atoms with Crippen LogP contribution >= 0.6 is 11.8 Å². The molecule has 0 atom stereocenters. The lowest BCUT2D eigenvalue weighted by Crippen LogP contribution is -2.22. The van der Waals surface area contributed by atoms with Crippen LogP contribution in [-0.4, -0.2) is 34.9 Å². The van der Waals surface area contributed by atoms with Crippen molar-refractivity contribution < 1.29 is 22.4 Å². The Labute approximate surface area is 203 Å². The number of nitrogens with one attached hydrogen (secondary N) is 1. The standard InChI is InChI=1S/C25H21F3N4O2S/c26-25(27,28)19-9-10-20(21(14-19)32-11-3-4-12-32)29-22(33)15-35-24-31-30-23(34-24)18-8-7-16-5-1-2-6-17(16)13-18/h1-2,5-10,13-14H,3-4,11-12,15H2,(H,29,33). The fourth-order valence-corrected chi connectivity index (χ4v) is 4.62. The summed E-state index contributed by atoms with van der Waals surface area (Å²) < 4.78 is 45.4. The maximum atomic E-state index is 13.2. The van der Waals surface area contributed by atoms with Crippen LogP contribution in [0.25, 0.3) is 22.2 Å². The second-order valence-corrected chi connectivity index (χ2v) is 9.12. The first-order valence-corrected chi connectivity index (χ1v) is 12.1. The SMILES string of the molecule is O=C(CSc1nnc(-c2ccc3ccccc3c2)o1)Nc1ccc(C(F)(F)F)cc1N1CCCC1. The van der Waals surface area contributed by atoms with E-state index < -0.39 is 11.7 Å². The number of rotatable bonds is 6.